The highest BCUT2D eigenvalue weighted by atomic mass is 35.5. The number of H-pyrrole nitrogens is 1. The van der Waals surface area contributed by atoms with E-state index < -0.39 is 32.0 Å². The number of aromatic hydroxyl groups is 1. The first-order valence-corrected chi connectivity index (χ1v) is 11.5. The number of rotatable bonds is 6. The zero-order valence-corrected chi connectivity index (χ0v) is 18.6. The number of halogens is 2. The fourth-order valence-electron chi connectivity index (χ4n) is 3.35. The van der Waals surface area contributed by atoms with Crippen molar-refractivity contribution in [1.82, 2.24) is 9.55 Å². The van der Waals surface area contributed by atoms with Crippen LogP contribution in [0.2, 0.25) is 10.0 Å². The Morgan fingerprint density at radius 2 is 1.84 bits per heavy atom. The van der Waals surface area contributed by atoms with Gasteiger partial charge in [0.05, 0.1) is 18.3 Å². The summed E-state index contributed by atoms with van der Waals surface area (Å²) in [6.45, 7) is -0.573. The summed E-state index contributed by atoms with van der Waals surface area (Å²) < 4.78 is 16.9. The largest absolute Gasteiger partial charge is 0.493 e. The molecule has 1 aliphatic heterocycles. The molecule has 4 rings (SSSR count). The maximum absolute atomic E-state index is 12.7. The van der Waals surface area contributed by atoms with Crippen LogP contribution in [0.15, 0.2) is 52.3 Å². The van der Waals surface area contributed by atoms with Crippen LogP contribution in [0.3, 0.4) is 0 Å². The van der Waals surface area contributed by atoms with Crippen LogP contribution in [0.5, 0.6) is 5.88 Å². The third kappa shape index (κ3) is 4.73. The molecule has 0 radical (unpaired) electrons. The van der Waals surface area contributed by atoms with Crippen LogP contribution in [0.1, 0.15) is 22.9 Å². The highest BCUT2D eigenvalue weighted by molar-refractivity contribution is 7.46. The number of phosphoric ester groups is 1. The van der Waals surface area contributed by atoms with Gasteiger partial charge in [-0.1, -0.05) is 41.4 Å². The summed E-state index contributed by atoms with van der Waals surface area (Å²) in [5, 5.41) is 11.8. The number of allylic oxidation sites excluding steroid dienone is 1. The van der Waals surface area contributed by atoms with Crippen LogP contribution in [0, 0.1) is 0 Å². The minimum atomic E-state index is -4.83. The maximum atomic E-state index is 12.7. The second-order valence-electron chi connectivity index (χ2n) is 6.91. The standard InChI is InChI=1S/C20H16Cl2N3O6P/c21-13-3-1-11(2-4-13)18(10-31-32(28,29)30)25-19(26)17(24-20(25)27)7-12-9-23-16-8-14(22)5-6-15(12)16/h1-9,18,26H,10H2,(H,24,27)(H2,28,29,30). The smallest absolute Gasteiger partial charge is 0.469 e. The number of fused-ring (bicyclic) bond motifs is 1. The highest BCUT2D eigenvalue weighted by Gasteiger charge is 2.26. The van der Waals surface area contributed by atoms with E-state index in [1.165, 1.54) is 0 Å². The molecule has 0 aliphatic carbocycles. The first-order chi connectivity index (χ1) is 15.1. The predicted molar refractivity (Wildman–Crippen MR) is 122 cm³/mol. The molecule has 166 valence electrons. The van der Waals surface area contributed by atoms with Gasteiger partial charge in [0.25, 0.3) is 0 Å². The Balaban J connectivity index is 1.76. The van der Waals surface area contributed by atoms with E-state index >= 15 is 0 Å². The van der Waals surface area contributed by atoms with E-state index in [0.29, 0.717) is 26.9 Å². The van der Waals surface area contributed by atoms with Crippen molar-refractivity contribution in [2.24, 2.45) is 4.99 Å². The Kier molecular flexibility index (Phi) is 6.13. The molecule has 0 amide bonds. The molecule has 1 atom stereocenters. The molecular weight excluding hydrogens is 480 g/mol. The van der Waals surface area contributed by atoms with Crippen LogP contribution < -0.4 is 5.69 Å². The molecule has 32 heavy (non-hydrogen) atoms. The molecule has 1 aliphatic rings. The van der Waals surface area contributed by atoms with Crippen molar-refractivity contribution < 1.29 is 24.0 Å². The molecule has 0 fully saturated rings. The van der Waals surface area contributed by atoms with Gasteiger partial charge in [0.1, 0.15) is 5.69 Å². The van der Waals surface area contributed by atoms with Crippen LogP contribution in [0.25, 0.3) is 11.6 Å². The number of aromatic amines is 1. The highest BCUT2D eigenvalue weighted by Crippen LogP contribution is 2.39. The van der Waals surface area contributed by atoms with Gasteiger partial charge < -0.3 is 19.9 Å². The molecule has 0 bridgehead atoms. The van der Waals surface area contributed by atoms with Gasteiger partial charge in [-0.25, -0.2) is 9.36 Å². The monoisotopic (exact) mass is 495 g/mol. The van der Waals surface area contributed by atoms with E-state index in [1.54, 1.807) is 54.8 Å². The molecule has 9 nitrogen and oxygen atoms in total. The number of hydrogen-bond donors (Lipinski definition) is 4. The molecule has 2 heterocycles. The van der Waals surface area contributed by atoms with E-state index in [-0.39, 0.29) is 5.69 Å². The van der Waals surface area contributed by atoms with Crippen molar-refractivity contribution in [3.8, 4) is 5.88 Å². The molecule has 1 aromatic heterocycles. The van der Waals surface area contributed by atoms with Gasteiger partial charge in [0.2, 0.25) is 5.88 Å². The Labute approximate surface area is 191 Å². The number of benzene rings is 2. The molecule has 0 saturated heterocycles. The van der Waals surface area contributed by atoms with E-state index in [2.05, 4.69) is 14.5 Å². The Morgan fingerprint density at radius 1 is 1.16 bits per heavy atom. The van der Waals surface area contributed by atoms with E-state index in [0.717, 1.165) is 10.1 Å². The van der Waals surface area contributed by atoms with E-state index in [9.17, 15) is 14.5 Å². The minimum absolute atomic E-state index is 0.0920. The van der Waals surface area contributed by atoms with Gasteiger partial charge >= 0.3 is 13.5 Å². The average Bonchev–Trinajstić information content (AvgIpc) is 3.23. The van der Waals surface area contributed by atoms with Crippen molar-refractivity contribution in [3.05, 3.63) is 79.8 Å². The molecule has 2 aromatic carbocycles. The number of aliphatic imine (C=N–C) groups is 1. The minimum Gasteiger partial charge on any atom is -0.493 e. The van der Waals surface area contributed by atoms with Gasteiger partial charge in [-0.3, -0.25) is 14.1 Å². The summed E-state index contributed by atoms with van der Waals surface area (Å²) in [5.74, 6) is -0.437. The summed E-state index contributed by atoms with van der Waals surface area (Å²) >= 11 is 11.9. The van der Waals surface area contributed by atoms with Gasteiger partial charge in [-0.15, -0.1) is 0 Å². The molecule has 4 N–H and O–H groups in total. The third-order valence-electron chi connectivity index (χ3n) is 4.81. The quantitative estimate of drug-likeness (QED) is 0.379. The SMILES string of the molecule is O=c1[nH]c(C=C2C=Nc3cc(Cl)ccc32)c(O)n1C(COP(=O)(O)O)c1ccc(Cl)cc1. The van der Waals surface area contributed by atoms with Crippen molar-refractivity contribution in [2.45, 2.75) is 6.04 Å². The zero-order chi connectivity index (χ0) is 23.0. The van der Waals surface area contributed by atoms with E-state index in [4.69, 9.17) is 33.0 Å². The molecule has 1 unspecified atom stereocenters. The predicted octanol–water partition coefficient (Wildman–Crippen LogP) is 4.14. The van der Waals surface area contributed by atoms with Crippen molar-refractivity contribution in [2.75, 3.05) is 6.61 Å². The zero-order valence-electron chi connectivity index (χ0n) is 16.1. The van der Waals surface area contributed by atoms with Crippen molar-refractivity contribution in [3.63, 3.8) is 0 Å². The van der Waals surface area contributed by atoms with Crippen LogP contribution in [-0.4, -0.2) is 37.3 Å². The number of nitrogens with zero attached hydrogens (tertiary/aromatic N) is 2. The van der Waals surface area contributed by atoms with Gasteiger partial charge in [-0.05, 0) is 35.9 Å². The lowest BCUT2D eigenvalue weighted by Crippen LogP contribution is -2.26. The summed E-state index contributed by atoms with van der Waals surface area (Å²) in [6, 6.07) is 10.4. The summed E-state index contributed by atoms with van der Waals surface area (Å²) in [4.78, 5) is 37.8. The lowest BCUT2D eigenvalue weighted by atomic mass is 10.1. The summed E-state index contributed by atoms with van der Waals surface area (Å²) in [5.41, 5.74) is 1.89. The third-order valence-corrected chi connectivity index (χ3v) is 5.78. The maximum Gasteiger partial charge on any atom is 0.469 e. The average molecular weight is 496 g/mol. The van der Waals surface area contributed by atoms with Gasteiger partial charge in [-0.2, -0.15) is 0 Å². The van der Waals surface area contributed by atoms with Crippen LogP contribution in [-0.2, 0) is 9.09 Å². The van der Waals surface area contributed by atoms with Crippen LogP contribution in [0.4, 0.5) is 5.69 Å². The van der Waals surface area contributed by atoms with Crippen molar-refractivity contribution >= 4 is 54.6 Å². The fraction of sp³-hybridized carbons (Fsp3) is 0.100. The molecule has 12 heteroatoms. The lowest BCUT2D eigenvalue weighted by molar-refractivity contribution is 0.175. The number of imidazole rings is 1. The number of nitrogens with one attached hydrogen (secondary N) is 1. The fourth-order valence-corrected chi connectivity index (χ4v) is 3.98. The molecule has 3 aromatic rings. The van der Waals surface area contributed by atoms with Crippen LogP contribution >= 0.6 is 31.0 Å². The Morgan fingerprint density at radius 3 is 2.53 bits per heavy atom. The Hall–Kier alpha value is -2.65. The molecular formula is C20H16Cl2N3O6P. The number of hydrogen-bond acceptors (Lipinski definition) is 5. The summed E-state index contributed by atoms with van der Waals surface area (Å²) in [7, 11) is -4.83. The topological polar surface area (TPSA) is 137 Å². The van der Waals surface area contributed by atoms with E-state index in [1.807, 2.05) is 0 Å². The number of aromatic nitrogens is 2. The van der Waals surface area contributed by atoms with Gasteiger partial charge in [0.15, 0.2) is 0 Å². The Bertz CT molecular complexity index is 1340. The van der Waals surface area contributed by atoms with Gasteiger partial charge in [0, 0.05) is 27.4 Å². The molecule has 0 saturated carbocycles. The second-order valence-corrected chi connectivity index (χ2v) is 9.02. The summed E-state index contributed by atoms with van der Waals surface area (Å²) in [6.07, 6.45) is 3.11. The number of phosphoric acid groups is 1. The lowest BCUT2D eigenvalue weighted by Gasteiger charge is -2.19. The first-order valence-electron chi connectivity index (χ1n) is 9.17. The molecule has 0 spiro atoms. The first kappa shape index (κ1) is 22.5. The second kappa shape index (κ2) is 8.71. The normalized spacial score (nSPS) is 15.3. The van der Waals surface area contributed by atoms with Crippen molar-refractivity contribution in [1.29, 1.82) is 0 Å².